The van der Waals surface area contributed by atoms with E-state index in [2.05, 4.69) is 50.1 Å². The maximum Gasteiger partial charge on any atom is 0.272 e. The lowest BCUT2D eigenvalue weighted by Crippen LogP contribution is -2.17. The van der Waals surface area contributed by atoms with Gasteiger partial charge in [-0.05, 0) is 49.3 Å². The second kappa shape index (κ2) is 7.26. The van der Waals surface area contributed by atoms with Crippen molar-refractivity contribution in [2.45, 2.75) is 60.3 Å². The highest BCUT2D eigenvalue weighted by Gasteiger charge is 2.22. The van der Waals surface area contributed by atoms with Gasteiger partial charge in [0.2, 0.25) is 0 Å². The molecule has 0 fully saturated rings. The van der Waals surface area contributed by atoms with Crippen LogP contribution in [0.5, 0.6) is 0 Å². The molecule has 0 saturated heterocycles. The molecule has 1 aromatic heterocycles. The molecular weight excluding hydrogens is 312 g/mol. The van der Waals surface area contributed by atoms with Crippen LogP contribution in [0.2, 0.25) is 0 Å². The number of hydrogen-bond acceptors (Lipinski definition) is 2. The molecule has 2 aromatic rings. The number of Topliss-reactive ketones (excluding diaryl/α,β-unsaturated/α-hetero) is 1. The van der Waals surface area contributed by atoms with Gasteiger partial charge < -0.3 is 10.3 Å². The van der Waals surface area contributed by atoms with Crippen LogP contribution < -0.4 is 5.32 Å². The molecule has 1 heterocycles. The van der Waals surface area contributed by atoms with Gasteiger partial charge in [-0.25, -0.2) is 0 Å². The third-order valence-electron chi connectivity index (χ3n) is 4.63. The smallest absolute Gasteiger partial charge is 0.272 e. The summed E-state index contributed by atoms with van der Waals surface area (Å²) in [6.45, 7) is 13.6. The van der Waals surface area contributed by atoms with Gasteiger partial charge in [0.05, 0.1) is 0 Å². The number of anilines is 1. The molecule has 0 unspecified atom stereocenters. The predicted octanol–water partition coefficient (Wildman–Crippen LogP) is 5.33. The van der Waals surface area contributed by atoms with E-state index in [1.807, 2.05) is 19.9 Å². The number of H-pyrrole nitrogens is 1. The first-order valence-electron chi connectivity index (χ1n) is 8.79. The first-order chi connectivity index (χ1) is 11.6. The quantitative estimate of drug-likeness (QED) is 0.722. The monoisotopic (exact) mass is 340 g/mol. The van der Waals surface area contributed by atoms with Gasteiger partial charge in [-0.15, -0.1) is 0 Å². The third kappa shape index (κ3) is 3.68. The Morgan fingerprint density at radius 3 is 1.92 bits per heavy atom. The van der Waals surface area contributed by atoms with E-state index in [0.717, 1.165) is 22.5 Å². The van der Waals surface area contributed by atoms with E-state index in [4.69, 9.17) is 0 Å². The lowest BCUT2D eigenvalue weighted by Gasteiger charge is -2.20. The molecule has 134 valence electrons. The average molecular weight is 340 g/mol. The topological polar surface area (TPSA) is 62.0 Å². The summed E-state index contributed by atoms with van der Waals surface area (Å²) in [6, 6.07) is 6.15. The SMILES string of the molecule is CC(=O)c1c(C)[nH]c(C(=O)Nc2c(C(C)C)cccc2C(C)C)c1C. The van der Waals surface area contributed by atoms with Gasteiger partial charge >= 0.3 is 0 Å². The van der Waals surface area contributed by atoms with Crippen LogP contribution in [0.1, 0.15) is 89.7 Å². The number of aromatic nitrogens is 1. The van der Waals surface area contributed by atoms with E-state index in [-0.39, 0.29) is 11.7 Å². The third-order valence-corrected chi connectivity index (χ3v) is 4.63. The Kier molecular flexibility index (Phi) is 5.51. The molecule has 0 aliphatic carbocycles. The average Bonchev–Trinajstić information content (AvgIpc) is 2.81. The lowest BCUT2D eigenvalue weighted by molar-refractivity contribution is 0.101. The van der Waals surface area contributed by atoms with E-state index in [1.54, 1.807) is 0 Å². The number of carbonyl (C=O) groups excluding carboxylic acids is 2. The van der Waals surface area contributed by atoms with Gasteiger partial charge in [0.15, 0.2) is 5.78 Å². The fourth-order valence-corrected chi connectivity index (χ4v) is 3.38. The molecule has 1 aromatic carbocycles. The molecule has 0 aliphatic heterocycles. The van der Waals surface area contributed by atoms with Crippen molar-refractivity contribution in [3.63, 3.8) is 0 Å². The van der Waals surface area contributed by atoms with Gasteiger partial charge in [0, 0.05) is 16.9 Å². The van der Waals surface area contributed by atoms with Crippen LogP contribution in [-0.2, 0) is 0 Å². The van der Waals surface area contributed by atoms with Crippen molar-refractivity contribution in [1.82, 2.24) is 4.98 Å². The molecule has 0 radical (unpaired) electrons. The molecule has 25 heavy (non-hydrogen) atoms. The number of rotatable bonds is 5. The van der Waals surface area contributed by atoms with Gasteiger partial charge in [-0.1, -0.05) is 45.9 Å². The predicted molar refractivity (Wildman–Crippen MR) is 103 cm³/mol. The fraction of sp³-hybridized carbons (Fsp3) is 0.429. The van der Waals surface area contributed by atoms with Crippen molar-refractivity contribution in [2.75, 3.05) is 5.32 Å². The van der Waals surface area contributed by atoms with Crippen LogP contribution in [0.25, 0.3) is 0 Å². The summed E-state index contributed by atoms with van der Waals surface area (Å²) in [7, 11) is 0. The highest BCUT2D eigenvalue weighted by Crippen LogP contribution is 2.33. The van der Waals surface area contributed by atoms with E-state index >= 15 is 0 Å². The zero-order valence-electron chi connectivity index (χ0n) is 16.2. The van der Waals surface area contributed by atoms with Crippen molar-refractivity contribution >= 4 is 17.4 Å². The minimum atomic E-state index is -0.205. The summed E-state index contributed by atoms with van der Waals surface area (Å²) >= 11 is 0. The number of benzene rings is 1. The van der Waals surface area contributed by atoms with Crippen molar-refractivity contribution in [1.29, 1.82) is 0 Å². The number of para-hydroxylation sites is 1. The zero-order chi connectivity index (χ0) is 18.9. The Labute approximate surface area is 150 Å². The van der Waals surface area contributed by atoms with Gasteiger partial charge in [0.1, 0.15) is 5.69 Å². The highest BCUT2D eigenvalue weighted by molar-refractivity contribution is 6.08. The second-order valence-electron chi connectivity index (χ2n) is 7.26. The van der Waals surface area contributed by atoms with Crippen LogP contribution in [0.15, 0.2) is 18.2 Å². The molecule has 0 saturated carbocycles. The summed E-state index contributed by atoms with van der Waals surface area (Å²) in [5.41, 5.74) is 5.61. The molecule has 1 amide bonds. The van der Waals surface area contributed by atoms with Crippen LogP contribution in [0.4, 0.5) is 5.69 Å². The molecule has 4 nitrogen and oxygen atoms in total. The lowest BCUT2D eigenvalue weighted by atomic mass is 9.92. The number of hydrogen-bond donors (Lipinski definition) is 2. The van der Waals surface area contributed by atoms with Crippen LogP contribution in [0, 0.1) is 13.8 Å². The number of ketones is 1. The van der Waals surface area contributed by atoms with E-state index in [1.165, 1.54) is 6.92 Å². The van der Waals surface area contributed by atoms with Crippen molar-refractivity contribution in [3.05, 3.63) is 51.8 Å². The Bertz CT molecular complexity index is 787. The van der Waals surface area contributed by atoms with Crippen LogP contribution in [0.3, 0.4) is 0 Å². The first kappa shape index (κ1) is 19.0. The molecule has 4 heteroatoms. The van der Waals surface area contributed by atoms with Crippen LogP contribution in [-0.4, -0.2) is 16.7 Å². The minimum Gasteiger partial charge on any atom is -0.354 e. The Hall–Kier alpha value is -2.36. The number of nitrogens with one attached hydrogen (secondary N) is 2. The van der Waals surface area contributed by atoms with Crippen molar-refractivity contribution in [2.24, 2.45) is 0 Å². The number of aryl methyl sites for hydroxylation is 1. The van der Waals surface area contributed by atoms with Crippen molar-refractivity contribution < 1.29 is 9.59 Å². The minimum absolute atomic E-state index is 0.0317. The summed E-state index contributed by atoms with van der Waals surface area (Å²) in [5.74, 6) is 0.361. The largest absolute Gasteiger partial charge is 0.354 e. The Morgan fingerprint density at radius 1 is 1.00 bits per heavy atom. The summed E-state index contributed by atoms with van der Waals surface area (Å²) in [6.07, 6.45) is 0. The summed E-state index contributed by atoms with van der Waals surface area (Å²) in [5, 5.41) is 3.10. The van der Waals surface area contributed by atoms with E-state index in [0.29, 0.717) is 28.7 Å². The highest BCUT2D eigenvalue weighted by atomic mass is 16.2. The number of carbonyl (C=O) groups is 2. The van der Waals surface area contributed by atoms with E-state index in [9.17, 15) is 9.59 Å². The standard InChI is InChI=1S/C21H28N2O2/c1-11(2)16-9-8-10-17(12(3)4)20(16)23-21(25)19-13(5)18(15(7)24)14(6)22-19/h8-12,22H,1-7H3,(H,23,25). The molecular formula is C21H28N2O2. The number of amides is 1. The second-order valence-corrected chi connectivity index (χ2v) is 7.26. The van der Waals surface area contributed by atoms with Gasteiger partial charge in [-0.2, -0.15) is 0 Å². The molecule has 2 N–H and O–H groups in total. The zero-order valence-corrected chi connectivity index (χ0v) is 16.2. The fourth-order valence-electron chi connectivity index (χ4n) is 3.38. The molecule has 0 bridgehead atoms. The van der Waals surface area contributed by atoms with Crippen LogP contribution >= 0.6 is 0 Å². The Morgan fingerprint density at radius 2 is 1.52 bits per heavy atom. The summed E-state index contributed by atoms with van der Waals surface area (Å²) < 4.78 is 0. The molecule has 0 spiro atoms. The van der Waals surface area contributed by atoms with Gasteiger partial charge in [-0.3, -0.25) is 9.59 Å². The van der Waals surface area contributed by atoms with Gasteiger partial charge in [0.25, 0.3) is 5.91 Å². The van der Waals surface area contributed by atoms with E-state index < -0.39 is 0 Å². The molecule has 2 rings (SSSR count). The number of aromatic amines is 1. The van der Waals surface area contributed by atoms with Crippen molar-refractivity contribution in [3.8, 4) is 0 Å². The molecule has 0 atom stereocenters. The normalized spacial score (nSPS) is 11.2. The Balaban J connectivity index is 2.49. The maximum atomic E-state index is 12.9. The maximum absolute atomic E-state index is 12.9. The first-order valence-corrected chi connectivity index (χ1v) is 8.79. The summed E-state index contributed by atoms with van der Waals surface area (Å²) in [4.78, 5) is 27.8. The molecule has 0 aliphatic rings.